The molecule has 2 saturated heterocycles. The highest BCUT2D eigenvalue weighted by Crippen LogP contribution is 2.41. The number of carboxylic acids is 1. The van der Waals surface area contributed by atoms with E-state index in [0.717, 1.165) is 32.4 Å². The van der Waals surface area contributed by atoms with Gasteiger partial charge in [0.1, 0.15) is 0 Å². The number of carbonyl (C=O) groups is 1. The van der Waals surface area contributed by atoms with E-state index >= 15 is 0 Å². The number of ether oxygens (including phenoxy) is 1. The van der Waals surface area contributed by atoms with Crippen LogP contribution in [0, 0.1) is 0 Å². The molecule has 1 N–H and O–H groups in total. The molecule has 0 bridgehead atoms. The number of rotatable bonds is 4. The summed E-state index contributed by atoms with van der Waals surface area (Å²) in [4.78, 5) is 13.8. The van der Waals surface area contributed by atoms with Crippen molar-refractivity contribution in [2.75, 3.05) is 19.7 Å². The van der Waals surface area contributed by atoms with Crippen molar-refractivity contribution >= 4 is 5.97 Å². The topological polar surface area (TPSA) is 49.8 Å². The van der Waals surface area contributed by atoms with Crippen LogP contribution in [0.15, 0.2) is 0 Å². The van der Waals surface area contributed by atoms with Gasteiger partial charge in [0.25, 0.3) is 0 Å². The summed E-state index contributed by atoms with van der Waals surface area (Å²) in [5.41, 5.74) is -0.347. The van der Waals surface area contributed by atoms with Gasteiger partial charge in [-0.1, -0.05) is 13.3 Å². The third kappa shape index (κ3) is 3.29. The summed E-state index contributed by atoms with van der Waals surface area (Å²) in [6.45, 7) is 7.05. The van der Waals surface area contributed by atoms with Gasteiger partial charge in [-0.2, -0.15) is 0 Å². The average molecular weight is 269 g/mol. The molecule has 2 unspecified atom stereocenters. The van der Waals surface area contributed by atoms with Gasteiger partial charge >= 0.3 is 5.97 Å². The number of hydrogen-bond acceptors (Lipinski definition) is 3. The first-order valence-electron chi connectivity index (χ1n) is 7.61. The molecule has 0 aliphatic carbocycles. The fourth-order valence-electron chi connectivity index (χ4n) is 3.73. The van der Waals surface area contributed by atoms with Crippen LogP contribution in [0.25, 0.3) is 0 Å². The molecule has 0 spiro atoms. The molecular weight excluding hydrogens is 242 g/mol. The Morgan fingerprint density at radius 2 is 2.00 bits per heavy atom. The number of carboxylic acid groups (broad SMARTS) is 1. The highest BCUT2D eigenvalue weighted by atomic mass is 16.5. The Labute approximate surface area is 116 Å². The van der Waals surface area contributed by atoms with Crippen LogP contribution in [-0.2, 0) is 9.53 Å². The van der Waals surface area contributed by atoms with Gasteiger partial charge in [0, 0.05) is 12.1 Å². The molecule has 0 amide bonds. The van der Waals surface area contributed by atoms with Gasteiger partial charge in [-0.15, -0.1) is 0 Å². The van der Waals surface area contributed by atoms with E-state index in [9.17, 15) is 9.90 Å². The van der Waals surface area contributed by atoms with Crippen molar-refractivity contribution < 1.29 is 14.6 Å². The maximum Gasteiger partial charge on any atom is 0.305 e. The summed E-state index contributed by atoms with van der Waals surface area (Å²) in [6.07, 6.45) is 6.59. The first kappa shape index (κ1) is 14.8. The van der Waals surface area contributed by atoms with Gasteiger partial charge in [-0.05, 0) is 52.1 Å². The van der Waals surface area contributed by atoms with Crippen LogP contribution in [0.4, 0.5) is 0 Å². The van der Waals surface area contributed by atoms with E-state index in [1.54, 1.807) is 0 Å². The fraction of sp³-hybridized carbons (Fsp3) is 0.933. The van der Waals surface area contributed by atoms with E-state index in [1.807, 2.05) is 0 Å². The van der Waals surface area contributed by atoms with Crippen molar-refractivity contribution in [3.63, 3.8) is 0 Å². The van der Waals surface area contributed by atoms with Crippen LogP contribution in [0.1, 0.15) is 58.8 Å². The monoisotopic (exact) mass is 269 g/mol. The third-order valence-corrected chi connectivity index (χ3v) is 4.98. The van der Waals surface area contributed by atoms with Gasteiger partial charge in [0.05, 0.1) is 12.0 Å². The zero-order valence-corrected chi connectivity index (χ0v) is 12.3. The molecule has 0 aromatic rings. The van der Waals surface area contributed by atoms with E-state index in [2.05, 4.69) is 18.7 Å². The van der Waals surface area contributed by atoms with Crippen molar-refractivity contribution in [2.45, 2.75) is 69.9 Å². The van der Waals surface area contributed by atoms with Crippen molar-refractivity contribution in [3.05, 3.63) is 0 Å². The molecular formula is C15H27NO3. The standard InChI is InChI=1S/C15H27NO3/c1-3-14(2)12-15(7-10-19-14,11-13(17)18)16-8-5-4-6-9-16/h3-12H2,1-2H3,(H,17,18). The predicted molar refractivity (Wildman–Crippen MR) is 74.3 cm³/mol. The first-order valence-corrected chi connectivity index (χ1v) is 7.61. The summed E-state index contributed by atoms with van der Waals surface area (Å²) in [7, 11) is 0. The molecule has 110 valence electrons. The lowest BCUT2D eigenvalue weighted by Crippen LogP contribution is -2.59. The lowest BCUT2D eigenvalue weighted by Gasteiger charge is -2.52. The number of aliphatic carboxylic acids is 1. The second kappa shape index (κ2) is 5.80. The van der Waals surface area contributed by atoms with Crippen LogP contribution in [-0.4, -0.2) is 46.8 Å². The Morgan fingerprint density at radius 3 is 2.58 bits per heavy atom. The number of hydrogen-bond donors (Lipinski definition) is 1. The molecule has 4 heteroatoms. The third-order valence-electron chi connectivity index (χ3n) is 4.98. The highest BCUT2D eigenvalue weighted by molar-refractivity contribution is 5.68. The van der Waals surface area contributed by atoms with Crippen LogP contribution >= 0.6 is 0 Å². The van der Waals surface area contributed by atoms with Crippen molar-refractivity contribution in [1.29, 1.82) is 0 Å². The smallest absolute Gasteiger partial charge is 0.305 e. The quantitative estimate of drug-likeness (QED) is 0.852. The molecule has 2 rings (SSSR count). The highest BCUT2D eigenvalue weighted by Gasteiger charge is 2.47. The number of piperidine rings is 1. The summed E-state index contributed by atoms with van der Waals surface area (Å²) in [5.74, 6) is -0.675. The predicted octanol–water partition coefficient (Wildman–Crippen LogP) is 2.66. The zero-order chi connectivity index (χ0) is 13.9. The van der Waals surface area contributed by atoms with Crippen molar-refractivity contribution in [3.8, 4) is 0 Å². The molecule has 0 radical (unpaired) electrons. The number of nitrogens with zero attached hydrogens (tertiary/aromatic N) is 1. The van der Waals surface area contributed by atoms with Crippen LogP contribution < -0.4 is 0 Å². The minimum absolute atomic E-state index is 0.162. The summed E-state index contributed by atoms with van der Waals surface area (Å²) < 4.78 is 5.92. The maximum atomic E-state index is 11.3. The van der Waals surface area contributed by atoms with Crippen LogP contribution in [0.2, 0.25) is 0 Å². The van der Waals surface area contributed by atoms with Crippen molar-refractivity contribution in [2.24, 2.45) is 0 Å². The molecule has 2 aliphatic rings. The molecule has 2 aliphatic heterocycles. The molecule has 19 heavy (non-hydrogen) atoms. The first-order chi connectivity index (χ1) is 9.00. The van der Waals surface area contributed by atoms with Gasteiger partial charge in [0.2, 0.25) is 0 Å². The van der Waals surface area contributed by atoms with E-state index in [1.165, 1.54) is 19.3 Å². The molecule has 4 nitrogen and oxygen atoms in total. The zero-order valence-electron chi connectivity index (χ0n) is 12.3. The minimum Gasteiger partial charge on any atom is -0.481 e. The Hall–Kier alpha value is -0.610. The fourth-order valence-corrected chi connectivity index (χ4v) is 3.73. The van der Waals surface area contributed by atoms with Gasteiger partial charge in [0.15, 0.2) is 0 Å². The molecule has 2 heterocycles. The van der Waals surface area contributed by atoms with Gasteiger partial charge in [-0.3, -0.25) is 9.69 Å². The minimum atomic E-state index is -0.675. The summed E-state index contributed by atoms with van der Waals surface area (Å²) in [5, 5.41) is 9.34. The second-order valence-electron chi connectivity index (χ2n) is 6.42. The van der Waals surface area contributed by atoms with Crippen LogP contribution in [0.3, 0.4) is 0 Å². The lowest BCUT2D eigenvalue weighted by molar-refractivity contribution is -0.156. The average Bonchev–Trinajstić information content (AvgIpc) is 2.39. The largest absolute Gasteiger partial charge is 0.481 e. The maximum absolute atomic E-state index is 11.3. The molecule has 2 fully saturated rings. The normalized spacial score (nSPS) is 37.2. The molecule has 0 aromatic carbocycles. The van der Waals surface area contributed by atoms with E-state index in [-0.39, 0.29) is 17.6 Å². The van der Waals surface area contributed by atoms with E-state index in [4.69, 9.17) is 4.74 Å². The Morgan fingerprint density at radius 1 is 1.32 bits per heavy atom. The summed E-state index contributed by atoms with van der Waals surface area (Å²) >= 11 is 0. The second-order valence-corrected chi connectivity index (χ2v) is 6.42. The van der Waals surface area contributed by atoms with E-state index < -0.39 is 5.97 Å². The van der Waals surface area contributed by atoms with E-state index in [0.29, 0.717) is 6.61 Å². The Bertz CT molecular complexity index is 327. The summed E-state index contributed by atoms with van der Waals surface area (Å²) in [6, 6.07) is 0. The Kier molecular flexibility index (Phi) is 4.51. The van der Waals surface area contributed by atoms with Crippen LogP contribution in [0.5, 0.6) is 0 Å². The van der Waals surface area contributed by atoms with Gasteiger partial charge < -0.3 is 9.84 Å². The Balaban J connectivity index is 2.20. The van der Waals surface area contributed by atoms with Crippen molar-refractivity contribution in [1.82, 2.24) is 4.90 Å². The lowest BCUT2D eigenvalue weighted by atomic mass is 9.75. The molecule has 0 aromatic heterocycles. The molecule has 2 atom stereocenters. The SMILES string of the molecule is CCC1(C)CC(CC(=O)O)(N2CCCCC2)CCO1. The molecule has 0 saturated carbocycles. The number of likely N-dealkylation sites (tertiary alicyclic amines) is 1. The van der Waals surface area contributed by atoms with Gasteiger partial charge in [-0.25, -0.2) is 0 Å².